The number of benzene rings is 7. The monoisotopic (exact) mass is 2220 g/mol. The van der Waals surface area contributed by atoms with Crippen molar-refractivity contribution in [2.24, 2.45) is 30.0 Å². The first kappa shape index (κ1) is 116. The predicted molar refractivity (Wildman–Crippen MR) is 424 cm³/mol. The van der Waals surface area contributed by atoms with E-state index in [-0.39, 0.29) is 11.2 Å². The Morgan fingerprint density at radius 3 is 0.667 bits per heavy atom. The number of phenols is 7. The number of halogens is 14. The maximum absolute atomic E-state index is 10.1. The summed E-state index contributed by atoms with van der Waals surface area (Å²) in [7, 11) is 77.5. The molecule has 556 valence electrons. The van der Waals surface area contributed by atoms with Crippen molar-refractivity contribution in [1.82, 2.24) is 0 Å². The molecule has 0 aliphatic heterocycles. The van der Waals surface area contributed by atoms with Gasteiger partial charge in [0.05, 0.1) is 0 Å². The van der Waals surface area contributed by atoms with Crippen molar-refractivity contribution in [3.05, 3.63) is 205 Å². The van der Waals surface area contributed by atoms with E-state index in [4.69, 9.17) is 125 Å². The van der Waals surface area contributed by atoms with Crippen LogP contribution in [-0.4, -0.2) is 121 Å². The SMILES string of the molecule is CCC(C)(C)c1cccc(C=NC)c1O.CCN=Cc1cccc(C)c1O.CN=Cc1cccc(C)c1O.CN=Cc1cccc(C)c1O.CN=Cc1cccc(C)c1O.CN=Cc1cccc(C)c1O.Cc1cccc(C=N)c1O.[Cl][Zr][Cl].[Cl][Zr][Cl].[Cl][Zr][Cl].[Cl][Zr][Cl].[Cl][Zr][Cl].[Cl][Zr][Cl].[Cl][Zr][Cl]. The van der Waals surface area contributed by atoms with Gasteiger partial charge in [0, 0.05) is 130 Å². The molecule has 7 aromatic rings. The minimum absolute atomic E-state index is 0.00166. The number of aliphatic imine (C=N–C) groups is 6. The molecule has 0 saturated carbocycles. The summed E-state index contributed by atoms with van der Waals surface area (Å²) in [5.41, 5.74) is 11.4. The van der Waals surface area contributed by atoms with E-state index in [0.717, 1.165) is 91.5 Å². The molecule has 0 aromatic heterocycles. The Kier molecular flexibility index (Phi) is 93.0. The van der Waals surface area contributed by atoms with Gasteiger partial charge < -0.3 is 41.2 Å². The fraction of sp³-hybridized carbons (Fsp3) is 0.269. The number of nitrogens with one attached hydrogen (secondary N) is 1. The van der Waals surface area contributed by atoms with Gasteiger partial charge in [-0.25, -0.2) is 0 Å². The van der Waals surface area contributed by atoms with E-state index < -0.39 is 146 Å². The van der Waals surface area contributed by atoms with Gasteiger partial charge in [-0.1, -0.05) is 106 Å². The average Bonchev–Trinajstić information content (AvgIpc) is 0.814. The van der Waals surface area contributed by atoms with Crippen LogP contribution in [0.5, 0.6) is 40.2 Å². The normalized spacial score (nSPS) is 9.58. The van der Waals surface area contributed by atoms with Crippen LogP contribution in [0.25, 0.3) is 0 Å². The van der Waals surface area contributed by atoms with Crippen molar-refractivity contribution in [1.29, 1.82) is 5.41 Å². The van der Waals surface area contributed by atoms with Crippen LogP contribution >= 0.6 is 119 Å². The fourth-order valence-electron chi connectivity index (χ4n) is 7.01. The molecule has 0 heterocycles. The topological polar surface area (TPSA) is 240 Å². The molecule has 14 nitrogen and oxygen atoms in total. The second-order valence-electron chi connectivity index (χ2n) is 19.3. The molecule has 102 heavy (non-hydrogen) atoms. The number of hydrogen-bond donors (Lipinski definition) is 8. The molecule has 0 atom stereocenters. The van der Waals surface area contributed by atoms with Crippen molar-refractivity contribution in [2.45, 2.75) is 81.1 Å². The molecule has 0 amide bonds. The standard InChI is InChI=1S/C13H19NO.C10H13NO.4C9H11NO.C8H9NO.14ClH.7Zr/c1-5-13(2,3)11-8-6-7-10(9-14-4)12(11)15;1-3-11-7-9-6-4-5-8(2)10(9)12;4*1-7-4-3-5-8(6-10-2)9(7)11;1-6-3-2-4-7(5-9)8(6)10;;;;;;;;;;;;;;;;;;;;;/h6-9,15H,5H2,1-4H3;4-7,12H,3H2,1-2H3;4*3-6,11H,1-2H3;2-5,9-10H,1H3;14*1H;;;;;;;/q;;;;;;;;;;;;;;;;;;;;;7*+2/p-14. The summed E-state index contributed by atoms with van der Waals surface area (Å²) >= 11 is -5.78. The van der Waals surface area contributed by atoms with Gasteiger partial charge in [0.1, 0.15) is 40.2 Å². The number of aryl methyl sites for hydroxylation is 6. The van der Waals surface area contributed by atoms with E-state index in [1.54, 1.807) is 78.6 Å². The van der Waals surface area contributed by atoms with Gasteiger partial charge in [0.25, 0.3) is 0 Å². The molecule has 0 aliphatic carbocycles. The number of nitrogens with zero attached hydrogens (tertiary/aromatic N) is 6. The van der Waals surface area contributed by atoms with Gasteiger partial charge in [-0.05, 0) is 136 Å². The average molecular weight is 2240 g/mol. The number of para-hydroxylation sites is 7. The summed E-state index contributed by atoms with van der Waals surface area (Å²) in [6, 6.07) is 39.1. The molecule has 0 unspecified atom stereocenters. The second-order valence-corrected chi connectivity index (χ2v) is 45.4. The Morgan fingerprint density at radius 1 is 0.314 bits per heavy atom. The van der Waals surface area contributed by atoms with E-state index in [0.29, 0.717) is 40.1 Å². The summed E-state index contributed by atoms with van der Waals surface area (Å²) in [5.74, 6) is 2.16. The van der Waals surface area contributed by atoms with Crippen LogP contribution in [0.3, 0.4) is 0 Å². The zero-order chi connectivity index (χ0) is 80.0. The third-order valence-electron chi connectivity index (χ3n) is 12.2. The van der Waals surface area contributed by atoms with E-state index in [1.807, 2.05) is 170 Å². The van der Waals surface area contributed by atoms with Gasteiger partial charge in [-0.3, -0.25) is 30.0 Å². The summed E-state index contributed by atoms with van der Waals surface area (Å²) in [5, 5.41) is 73.5. The van der Waals surface area contributed by atoms with Crippen LogP contribution in [0.1, 0.15) is 112 Å². The summed E-state index contributed by atoms with van der Waals surface area (Å²) in [4.78, 5) is 23.3. The van der Waals surface area contributed by atoms with Gasteiger partial charge in [-0.15, -0.1) is 0 Å². The predicted octanol–water partition coefficient (Wildman–Crippen LogP) is 23.6. The molecular weight excluding hydrogens is 2150 g/mol. The van der Waals surface area contributed by atoms with Gasteiger partial charge >= 0.3 is 265 Å². The number of hydrogen-bond acceptors (Lipinski definition) is 14. The Morgan fingerprint density at radius 2 is 0.490 bits per heavy atom. The first-order valence-electron chi connectivity index (χ1n) is 28.8. The summed E-state index contributed by atoms with van der Waals surface area (Å²) in [6.07, 6.45) is 12.1. The third kappa shape index (κ3) is 60.8. The van der Waals surface area contributed by atoms with Crippen molar-refractivity contribution < 1.29 is 182 Å². The molecular formula is C67H85Cl14N7O7Zr7. The number of aromatic hydroxyl groups is 7. The quantitative estimate of drug-likeness (QED) is 0.0616. The van der Waals surface area contributed by atoms with Gasteiger partial charge in [0.15, 0.2) is 0 Å². The van der Waals surface area contributed by atoms with Crippen molar-refractivity contribution in [3.63, 3.8) is 0 Å². The van der Waals surface area contributed by atoms with Gasteiger partial charge in [0.2, 0.25) is 0 Å². The molecule has 7 aromatic carbocycles. The molecule has 0 fully saturated rings. The van der Waals surface area contributed by atoms with E-state index in [2.05, 4.69) is 50.7 Å². The van der Waals surface area contributed by atoms with Crippen molar-refractivity contribution >= 4 is 163 Å². The Labute approximate surface area is 735 Å². The minimum atomic E-state index is -0.826. The Bertz CT molecular complexity index is 3200. The van der Waals surface area contributed by atoms with E-state index in [9.17, 15) is 35.7 Å². The fourth-order valence-corrected chi connectivity index (χ4v) is 7.01. The van der Waals surface area contributed by atoms with E-state index in [1.165, 1.54) is 0 Å². The Hall–Kier alpha value is 1.07. The molecule has 7 rings (SSSR count). The number of phenolic OH excluding ortho intramolecular Hbond substituents is 7. The second kappa shape index (κ2) is 81.6. The third-order valence-corrected chi connectivity index (χ3v) is 12.2. The number of rotatable bonds is 10. The van der Waals surface area contributed by atoms with Crippen molar-refractivity contribution in [2.75, 3.05) is 41.8 Å². The van der Waals surface area contributed by atoms with Crippen LogP contribution in [-0.2, 0) is 151 Å². The van der Waals surface area contributed by atoms with Crippen LogP contribution in [0.15, 0.2) is 157 Å². The molecule has 0 radical (unpaired) electrons. The molecule has 0 spiro atoms. The molecule has 0 bridgehead atoms. The maximum atomic E-state index is 10.1. The molecule has 35 heteroatoms. The zero-order valence-electron chi connectivity index (χ0n) is 58.7. The summed E-state index contributed by atoms with van der Waals surface area (Å²) in [6.45, 7) is 20.2. The molecule has 8 N–H and O–H groups in total. The first-order valence-corrected chi connectivity index (χ1v) is 73.2. The molecule has 0 aliphatic rings. The Balaban J connectivity index is -0.000000197. The van der Waals surface area contributed by atoms with Crippen LogP contribution in [0.2, 0.25) is 0 Å². The van der Waals surface area contributed by atoms with Crippen LogP contribution in [0, 0.1) is 47.0 Å². The molecule has 0 saturated heterocycles. The first-order chi connectivity index (χ1) is 48.4. The van der Waals surface area contributed by atoms with E-state index >= 15 is 0 Å². The zero-order valence-corrected chi connectivity index (χ0v) is 86.5. The van der Waals surface area contributed by atoms with Gasteiger partial charge in [-0.2, -0.15) is 0 Å². The van der Waals surface area contributed by atoms with Crippen molar-refractivity contribution in [3.8, 4) is 40.2 Å². The van der Waals surface area contributed by atoms with Crippen LogP contribution in [0.4, 0.5) is 0 Å². The summed E-state index contributed by atoms with van der Waals surface area (Å²) < 4.78 is 0. The van der Waals surface area contributed by atoms with Crippen LogP contribution < -0.4 is 0 Å².